The smallest absolute Gasteiger partial charge is 0.266 e. The molecule has 0 fully saturated rings. The van der Waals surface area contributed by atoms with Crippen LogP contribution in [0.3, 0.4) is 0 Å². The van der Waals surface area contributed by atoms with Crippen LogP contribution < -0.4 is 0 Å². The van der Waals surface area contributed by atoms with Crippen LogP contribution in [-0.4, -0.2) is 27.6 Å². The Labute approximate surface area is 91.7 Å². The normalized spacial score (nSPS) is 11.2. The second-order valence-electron chi connectivity index (χ2n) is 3.07. The Morgan fingerprint density at radius 1 is 1.60 bits per heavy atom. The third kappa shape index (κ3) is 3.56. The Bertz CT molecular complexity index is 515. The minimum Gasteiger partial charge on any atom is -0.266 e. The van der Waals surface area contributed by atoms with Gasteiger partial charge in [-0.05, 0) is 6.07 Å². The number of nitrogens with zero attached hydrogens (tertiary/aromatic N) is 2. The van der Waals surface area contributed by atoms with E-state index in [1.165, 1.54) is 12.5 Å². The predicted molar refractivity (Wildman–Crippen MR) is 56.0 cm³/mol. The van der Waals surface area contributed by atoms with Gasteiger partial charge in [0.2, 0.25) is 0 Å². The van der Waals surface area contributed by atoms with Crippen LogP contribution in [0.2, 0.25) is 5.15 Å². The van der Waals surface area contributed by atoms with Crippen molar-refractivity contribution in [1.29, 1.82) is 0 Å². The number of hydrogen-bond donors (Lipinski definition) is 0. The molecule has 15 heavy (non-hydrogen) atoms. The third-order valence-electron chi connectivity index (χ3n) is 1.34. The fourth-order valence-corrected chi connectivity index (χ4v) is 1.50. The molecule has 1 aromatic rings. The van der Waals surface area contributed by atoms with Crippen LogP contribution >= 0.6 is 11.6 Å². The van der Waals surface area contributed by atoms with Gasteiger partial charge in [0, 0.05) is 22.2 Å². The highest BCUT2D eigenvalue weighted by atomic mass is 35.5. The van der Waals surface area contributed by atoms with Crippen molar-refractivity contribution >= 4 is 27.2 Å². The summed E-state index contributed by atoms with van der Waals surface area (Å²) in [5, 5.41) is -0.159. The lowest BCUT2D eigenvalue weighted by Gasteiger charge is -1.99. The zero-order valence-corrected chi connectivity index (χ0v) is 9.60. The van der Waals surface area contributed by atoms with Crippen LogP contribution in [0.25, 0.3) is 0 Å². The first-order valence-corrected chi connectivity index (χ1v) is 6.53. The van der Waals surface area contributed by atoms with Crippen LogP contribution in [0.5, 0.6) is 0 Å². The van der Waals surface area contributed by atoms with Gasteiger partial charge >= 0.3 is 0 Å². The molecular weight excluding hydrogens is 243 g/mol. The molecule has 0 aliphatic heterocycles. The van der Waals surface area contributed by atoms with E-state index in [2.05, 4.69) is 9.35 Å². The van der Waals surface area contributed by atoms with E-state index in [9.17, 15) is 13.4 Å². The number of rotatable bonds is 1. The molecule has 0 atom stereocenters. The lowest BCUT2D eigenvalue weighted by molar-refractivity contribution is 0.100. The molecule has 0 radical (unpaired) electrons. The van der Waals surface area contributed by atoms with E-state index in [1.54, 1.807) is 0 Å². The highest BCUT2D eigenvalue weighted by Crippen LogP contribution is 2.15. The fourth-order valence-electron chi connectivity index (χ4n) is 0.821. The average Bonchev–Trinajstić information content (AvgIpc) is 2.06. The SMILES string of the molecule is CS(C)(=O)=NC(=O)c1cc(F)cnc1Cl. The van der Waals surface area contributed by atoms with Gasteiger partial charge < -0.3 is 0 Å². The van der Waals surface area contributed by atoms with Crippen molar-refractivity contribution in [1.82, 2.24) is 4.98 Å². The molecule has 1 amide bonds. The molecule has 4 nitrogen and oxygen atoms in total. The minimum absolute atomic E-state index is 0.159. The number of carbonyl (C=O) groups excluding carboxylic acids is 1. The number of amides is 1. The molecule has 0 spiro atoms. The van der Waals surface area contributed by atoms with E-state index in [-0.39, 0.29) is 10.7 Å². The van der Waals surface area contributed by atoms with Crippen LogP contribution in [0, 0.1) is 5.82 Å². The first-order chi connectivity index (χ1) is 6.79. The van der Waals surface area contributed by atoms with E-state index in [1.807, 2.05) is 0 Å². The molecule has 1 aromatic heterocycles. The Morgan fingerprint density at radius 3 is 2.73 bits per heavy atom. The first kappa shape index (κ1) is 12.1. The predicted octanol–water partition coefficient (Wildman–Crippen LogP) is 1.74. The van der Waals surface area contributed by atoms with Crippen molar-refractivity contribution in [3.8, 4) is 0 Å². The first-order valence-electron chi connectivity index (χ1n) is 3.82. The summed E-state index contributed by atoms with van der Waals surface area (Å²) in [6, 6.07) is 0.909. The topological polar surface area (TPSA) is 59.4 Å². The van der Waals surface area contributed by atoms with E-state index in [0.29, 0.717) is 0 Å². The van der Waals surface area contributed by atoms with Gasteiger partial charge in [0.15, 0.2) is 0 Å². The molecule has 1 rings (SSSR count). The Balaban J connectivity index is 3.24. The minimum atomic E-state index is -2.58. The molecule has 0 saturated carbocycles. The van der Waals surface area contributed by atoms with Crippen molar-refractivity contribution in [3.63, 3.8) is 0 Å². The van der Waals surface area contributed by atoms with Crippen molar-refractivity contribution in [2.24, 2.45) is 4.36 Å². The van der Waals surface area contributed by atoms with Gasteiger partial charge in [0.25, 0.3) is 5.91 Å². The maximum Gasteiger partial charge on any atom is 0.288 e. The van der Waals surface area contributed by atoms with Gasteiger partial charge in [-0.15, -0.1) is 0 Å². The summed E-state index contributed by atoms with van der Waals surface area (Å²) >= 11 is 5.57. The summed E-state index contributed by atoms with van der Waals surface area (Å²) in [6.07, 6.45) is 3.48. The lowest BCUT2D eigenvalue weighted by atomic mass is 10.3. The molecule has 0 aromatic carbocycles. The molecule has 0 aliphatic carbocycles. The standard InChI is InChI=1S/C8H8ClFN2O2S/c1-15(2,14)12-8(13)6-3-5(10)4-11-7(6)9/h3-4H,1-2H3. The Kier molecular flexibility index (Phi) is 3.41. The van der Waals surface area contributed by atoms with Crippen LogP contribution in [-0.2, 0) is 9.73 Å². The molecule has 0 unspecified atom stereocenters. The molecule has 0 bridgehead atoms. The zero-order chi connectivity index (χ0) is 11.6. The number of carbonyl (C=O) groups is 1. The molecular formula is C8H8ClFN2O2S. The van der Waals surface area contributed by atoms with Gasteiger partial charge in [-0.3, -0.25) is 4.79 Å². The number of halogens is 2. The summed E-state index contributed by atoms with van der Waals surface area (Å²) in [7, 11) is -2.58. The fraction of sp³-hybridized carbons (Fsp3) is 0.250. The van der Waals surface area contributed by atoms with E-state index in [0.717, 1.165) is 12.3 Å². The maximum absolute atomic E-state index is 12.8. The molecule has 0 saturated heterocycles. The molecule has 0 aliphatic rings. The van der Waals surface area contributed by atoms with Crippen molar-refractivity contribution in [2.45, 2.75) is 0 Å². The molecule has 7 heteroatoms. The van der Waals surface area contributed by atoms with Gasteiger partial charge in [0.05, 0.1) is 11.8 Å². The summed E-state index contributed by atoms with van der Waals surface area (Å²) < 4.78 is 27.4. The largest absolute Gasteiger partial charge is 0.288 e. The quantitative estimate of drug-likeness (QED) is 0.714. The van der Waals surface area contributed by atoms with E-state index < -0.39 is 21.5 Å². The lowest BCUT2D eigenvalue weighted by Crippen LogP contribution is -2.03. The number of pyridine rings is 1. The summed E-state index contributed by atoms with van der Waals surface area (Å²) in [4.78, 5) is 14.8. The number of hydrogen-bond acceptors (Lipinski definition) is 3. The highest BCUT2D eigenvalue weighted by molar-refractivity contribution is 7.92. The average molecular weight is 251 g/mol. The van der Waals surface area contributed by atoms with Gasteiger partial charge in [-0.1, -0.05) is 11.6 Å². The summed E-state index contributed by atoms with van der Waals surface area (Å²) in [5.41, 5.74) is -0.187. The second kappa shape index (κ2) is 4.24. The van der Waals surface area contributed by atoms with E-state index >= 15 is 0 Å². The molecule has 1 heterocycles. The summed E-state index contributed by atoms with van der Waals surface area (Å²) in [6.45, 7) is 0. The van der Waals surface area contributed by atoms with Crippen LogP contribution in [0.15, 0.2) is 16.6 Å². The zero-order valence-electron chi connectivity index (χ0n) is 8.03. The highest BCUT2D eigenvalue weighted by Gasteiger charge is 2.12. The maximum atomic E-state index is 12.8. The van der Waals surface area contributed by atoms with Crippen molar-refractivity contribution in [2.75, 3.05) is 12.5 Å². The van der Waals surface area contributed by atoms with E-state index in [4.69, 9.17) is 11.6 Å². The molecule has 82 valence electrons. The monoisotopic (exact) mass is 250 g/mol. The van der Waals surface area contributed by atoms with Gasteiger partial charge in [-0.25, -0.2) is 13.6 Å². The van der Waals surface area contributed by atoms with Crippen LogP contribution in [0.4, 0.5) is 4.39 Å². The van der Waals surface area contributed by atoms with Gasteiger partial charge in [0.1, 0.15) is 11.0 Å². The van der Waals surface area contributed by atoms with Crippen molar-refractivity contribution < 1.29 is 13.4 Å². The number of aromatic nitrogens is 1. The molecule has 0 N–H and O–H groups in total. The second-order valence-corrected chi connectivity index (χ2v) is 5.97. The Morgan fingerprint density at radius 2 is 2.20 bits per heavy atom. The van der Waals surface area contributed by atoms with Crippen LogP contribution in [0.1, 0.15) is 10.4 Å². The summed E-state index contributed by atoms with van der Waals surface area (Å²) in [5.74, 6) is -1.53. The van der Waals surface area contributed by atoms with Gasteiger partial charge in [-0.2, -0.15) is 4.36 Å². The Hall–Kier alpha value is -1.01. The van der Waals surface area contributed by atoms with Crippen molar-refractivity contribution in [3.05, 3.63) is 28.8 Å². The third-order valence-corrected chi connectivity index (χ3v) is 2.25.